The van der Waals surface area contributed by atoms with Crippen LogP contribution in [0.25, 0.3) is 0 Å². The number of hydrogen-bond donors (Lipinski definition) is 2. The van der Waals surface area contributed by atoms with Gasteiger partial charge in [-0.15, -0.1) is 0 Å². The van der Waals surface area contributed by atoms with Crippen molar-refractivity contribution in [2.45, 2.75) is 43.9 Å². The summed E-state index contributed by atoms with van der Waals surface area (Å²) in [7, 11) is 1.74. The van der Waals surface area contributed by atoms with E-state index < -0.39 is 0 Å². The minimum Gasteiger partial charge on any atom is -0.497 e. The first-order valence-electron chi connectivity index (χ1n) is 8.60. The Labute approximate surface area is 137 Å². The summed E-state index contributed by atoms with van der Waals surface area (Å²) in [5.41, 5.74) is 2.69. The molecule has 2 fully saturated rings. The molecule has 0 spiro atoms. The van der Waals surface area contributed by atoms with Crippen LogP contribution in [0, 0.1) is 0 Å². The van der Waals surface area contributed by atoms with Gasteiger partial charge in [-0.2, -0.15) is 0 Å². The molecule has 1 saturated heterocycles. The molecule has 1 aromatic carbocycles. The maximum absolute atomic E-state index is 5.44. The number of rotatable bonds is 6. The molecule has 4 heteroatoms. The third-order valence-electron chi connectivity index (χ3n) is 5.12. The van der Waals surface area contributed by atoms with Gasteiger partial charge in [-0.25, -0.2) is 0 Å². The average Bonchev–Trinajstić information content (AvgIpc) is 3.13. The van der Waals surface area contributed by atoms with Gasteiger partial charge in [0.15, 0.2) is 0 Å². The van der Waals surface area contributed by atoms with E-state index in [0.29, 0.717) is 12.1 Å². The van der Waals surface area contributed by atoms with E-state index in [1.54, 1.807) is 7.11 Å². The average molecular weight is 311 g/mol. The van der Waals surface area contributed by atoms with E-state index in [-0.39, 0.29) is 0 Å². The van der Waals surface area contributed by atoms with Gasteiger partial charge in [0.25, 0.3) is 0 Å². The molecule has 2 heterocycles. The number of ether oxygens (including phenoxy) is 1. The molecule has 0 unspecified atom stereocenters. The van der Waals surface area contributed by atoms with Crippen molar-refractivity contribution in [3.8, 4) is 5.75 Å². The van der Waals surface area contributed by atoms with Crippen LogP contribution in [0.3, 0.4) is 0 Å². The van der Waals surface area contributed by atoms with E-state index >= 15 is 0 Å². The zero-order chi connectivity index (χ0) is 15.6. The fourth-order valence-corrected chi connectivity index (χ4v) is 3.81. The first-order valence-corrected chi connectivity index (χ1v) is 8.60. The second-order valence-corrected chi connectivity index (χ2v) is 6.69. The fraction of sp³-hybridized carbons (Fsp3) is 0.474. The molecule has 4 rings (SSSR count). The van der Waals surface area contributed by atoms with Crippen LogP contribution in [0.2, 0.25) is 0 Å². The van der Waals surface area contributed by atoms with E-state index in [1.165, 1.54) is 36.9 Å². The van der Waals surface area contributed by atoms with Gasteiger partial charge >= 0.3 is 0 Å². The highest BCUT2D eigenvalue weighted by molar-refractivity contribution is 5.32. The van der Waals surface area contributed by atoms with Crippen molar-refractivity contribution in [3.63, 3.8) is 0 Å². The standard InChI is InChI=1S/C19H25N3O/c1-23-17-4-2-3-15(11-17)19-18(8-10-22(19)16-5-6-16)21-13-14-7-9-20-12-14/h2-4,7,9,11-12,16,18-21H,5-6,8,10,13H2,1H3/t18-,19-/m1/s1. The van der Waals surface area contributed by atoms with Gasteiger partial charge in [-0.05, 0) is 48.6 Å². The van der Waals surface area contributed by atoms with E-state index in [9.17, 15) is 0 Å². The smallest absolute Gasteiger partial charge is 0.119 e. The number of likely N-dealkylation sites (tertiary alicyclic amines) is 1. The Balaban J connectivity index is 1.54. The lowest BCUT2D eigenvalue weighted by molar-refractivity contribution is 0.226. The van der Waals surface area contributed by atoms with Gasteiger partial charge in [-0.1, -0.05) is 12.1 Å². The minimum absolute atomic E-state index is 0.455. The molecule has 23 heavy (non-hydrogen) atoms. The van der Waals surface area contributed by atoms with Crippen molar-refractivity contribution in [1.29, 1.82) is 0 Å². The third-order valence-corrected chi connectivity index (χ3v) is 5.12. The molecule has 2 aromatic rings. The number of aromatic amines is 1. The van der Waals surface area contributed by atoms with Crippen molar-refractivity contribution in [2.24, 2.45) is 0 Å². The topological polar surface area (TPSA) is 40.3 Å². The first kappa shape index (κ1) is 14.8. The number of aromatic nitrogens is 1. The maximum atomic E-state index is 5.44. The molecule has 0 bridgehead atoms. The summed E-state index contributed by atoms with van der Waals surface area (Å²) in [6, 6.07) is 12.5. The second-order valence-electron chi connectivity index (χ2n) is 6.69. The number of nitrogens with zero attached hydrogens (tertiary/aromatic N) is 1. The van der Waals surface area contributed by atoms with Crippen LogP contribution in [0.4, 0.5) is 0 Å². The number of benzene rings is 1. The van der Waals surface area contributed by atoms with Crippen LogP contribution in [-0.4, -0.2) is 35.6 Å². The van der Waals surface area contributed by atoms with Gasteiger partial charge in [-0.3, -0.25) is 4.90 Å². The molecule has 122 valence electrons. The summed E-state index contributed by atoms with van der Waals surface area (Å²) in [4.78, 5) is 5.83. The largest absolute Gasteiger partial charge is 0.497 e. The summed E-state index contributed by atoms with van der Waals surface area (Å²) >= 11 is 0. The van der Waals surface area contributed by atoms with Crippen LogP contribution in [0.5, 0.6) is 5.75 Å². The van der Waals surface area contributed by atoms with Crippen LogP contribution in [0.1, 0.15) is 36.4 Å². The Hall–Kier alpha value is -1.78. The molecule has 1 aliphatic carbocycles. The van der Waals surface area contributed by atoms with Crippen LogP contribution in [-0.2, 0) is 6.54 Å². The van der Waals surface area contributed by atoms with Gasteiger partial charge in [0.1, 0.15) is 5.75 Å². The van der Waals surface area contributed by atoms with Crippen molar-refractivity contribution >= 4 is 0 Å². The number of H-pyrrole nitrogens is 1. The highest BCUT2D eigenvalue weighted by Gasteiger charge is 2.42. The lowest BCUT2D eigenvalue weighted by Gasteiger charge is -2.29. The molecular formula is C19H25N3O. The molecule has 1 aliphatic heterocycles. The number of methoxy groups -OCH3 is 1. The SMILES string of the molecule is COc1cccc([C@@H]2[C@H](NCc3cc[nH]c3)CCN2C2CC2)c1. The van der Waals surface area contributed by atoms with Gasteiger partial charge in [0.2, 0.25) is 0 Å². The third kappa shape index (κ3) is 3.14. The maximum Gasteiger partial charge on any atom is 0.119 e. The van der Waals surface area contributed by atoms with E-state index in [1.807, 2.05) is 12.3 Å². The van der Waals surface area contributed by atoms with Gasteiger partial charge < -0.3 is 15.0 Å². The van der Waals surface area contributed by atoms with Crippen LogP contribution < -0.4 is 10.1 Å². The van der Waals surface area contributed by atoms with Crippen LogP contribution >= 0.6 is 0 Å². The molecule has 2 atom stereocenters. The summed E-state index contributed by atoms with van der Waals surface area (Å²) in [6.45, 7) is 2.12. The highest BCUT2D eigenvalue weighted by Crippen LogP contribution is 2.41. The van der Waals surface area contributed by atoms with E-state index in [4.69, 9.17) is 4.74 Å². The number of nitrogens with one attached hydrogen (secondary N) is 2. The Morgan fingerprint density at radius 3 is 2.91 bits per heavy atom. The van der Waals surface area contributed by atoms with E-state index in [2.05, 4.69) is 45.7 Å². The molecule has 0 radical (unpaired) electrons. The van der Waals surface area contributed by atoms with Crippen molar-refractivity contribution in [3.05, 3.63) is 53.9 Å². The summed E-state index contributed by atoms with van der Waals surface area (Å²) < 4.78 is 5.44. The highest BCUT2D eigenvalue weighted by atomic mass is 16.5. The summed E-state index contributed by atoms with van der Waals surface area (Å²) in [6.07, 6.45) is 7.97. The summed E-state index contributed by atoms with van der Waals surface area (Å²) in [5.74, 6) is 0.953. The van der Waals surface area contributed by atoms with Crippen molar-refractivity contribution < 1.29 is 4.74 Å². The molecule has 1 saturated carbocycles. The Morgan fingerprint density at radius 2 is 2.17 bits per heavy atom. The molecule has 2 N–H and O–H groups in total. The lowest BCUT2D eigenvalue weighted by Crippen LogP contribution is -2.36. The fourth-order valence-electron chi connectivity index (χ4n) is 3.81. The monoisotopic (exact) mass is 311 g/mol. The first-order chi connectivity index (χ1) is 11.3. The Kier molecular flexibility index (Phi) is 4.10. The lowest BCUT2D eigenvalue weighted by atomic mass is 9.99. The Morgan fingerprint density at radius 1 is 1.26 bits per heavy atom. The zero-order valence-corrected chi connectivity index (χ0v) is 13.7. The molecule has 0 amide bonds. The number of hydrogen-bond acceptors (Lipinski definition) is 3. The summed E-state index contributed by atoms with van der Waals surface area (Å²) in [5, 5.41) is 3.78. The van der Waals surface area contributed by atoms with Crippen molar-refractivity contribution in [1.82, 2.24) is 15.2 Å². The predicted molar refractivity (Wildman–Crippen MR) is 91.5 cm³/mol. The van der Waals surface area contributed by atoms with Gasteiger partial charge in [0.05, 0.1) is 13.2 Å². The molecule has 1 aromatic heterocycles. The Bertz CT molecular complexity index is 636. The predicted octanol–water partition coefficient (Wildman–Crippen LogP) is 3.09. The minimum atomic E-state index is 0.455. The van der Waals surface area contributed by atoms with Crippen molar-refractivity contribution in [2.75, 3.05) is 13.7 Å². The normalized spacial score (nSPS) is 24.9. The molecule has 4 nitrogen and oxygen atoms in total. The quantitative estimate of drug-likeness (QED) is 0.861. The molecular weight excluding hydrogens is 286 g/mol. The molecule has 2 aliphatic rings. The van der Waals surface area contributed by atoms with Crippen LogP contribution in [0.15, 0.2) is 42.7 Å². The van der Waals surface area contributed by atoms with E-state index in [0.717, 1.165) is 18.3 Å². The zero-order valence-electron chi connectivity index (χ0n) is 13.7. The van der Waals surface area contributed by atoms with Gasteiger partial charge in [0, 0.05) is 37.6 Å². The second kappa shape index (κ2) is 6.38.